The van der Waals surface area contributed by atoms with Crippen LogP contribution < -0.4 is 15.4 Å². The Balaban J connectivity index is 1.46. The zero-order valence-corrected chi connectivity index (χ0v) is 15.3. The summed E-state index contributed by atoms with van der Waals surface area (Å²) in [6, 6.07) is 14.0. The lowest BCUT2D eigenvalue weighted by molar-refractivity contribution is -0.0166. The fourth-order valence-corrected chi connectivity index (χ4v) is 2.74. The summed E-state index contributed by atoms with van der Waals surface area (Å²) >= 11 is 5.85. The average Bonchev–Trinajstić information content (AvgIpc) is 2.64. The van der Waals surface area contributed by atoms with Gasteiger partial charge in [-0.05, 0) is 55.6 Å². The third kappa shape index (κ3) is 5.62. The molecule has 2 amide bonds. The van der Waals surface area contributed by atoms with E-state index in [9.17, 15) is 4.79 Å². The molecule has 1 heterocycles. The van der Waals surface area contributed by atoms with E-state index in [1.807, 2.05) is 7.05 Å². The normalized spacial score (nSPS) is 17.5. The van der Waals surface area contributed by atoms with E-state index in [0.29, 0.717) is 35.4 Å². The van der Waals surface area contributed by atoms with Crippen molar-refractivity contribution in [3.05, 3.63) is 53.6 Å². The van der Waals surface area contributed by atoms with E-state index in [2.05, 4.69) is 15.5 Å². The molecule has 0 unspecified atom stereocenters. The molecule has 7 heteroatoms. The molecule has 1 saturated heterocycles. The Morgan fingerprint density at radius 3 is 2.50 bits per heavy atom. The highest BCUT2D eigenvalue weighted by molar-refractivity contribution is 6.30. The SMILES string of the molecule is CN1CCO[C@H](CNC(=O)Nc2ccc(Oc3ccc(Cl)cc3)cc2)C1. The second kappa shape index (κ2) is 8.89. The Morgan fingerprint density at radius 2 is 1.85 bits per heavy atom. The largest absolute Gasteiger partial charge is 0.457 e. The van der Waals surface area contributed by atoms with Gasteiger partial charge >= 0.3 is 6.03 Å². The summed E-state index contributed by atoms with van der Waals surface area (Å²) in [4.78, 5) is 14.2. The molecule has 2 N–H and O–H groups in total. The molecule has 0 aromatic heterocycles. The Hall–Kier alpha value is -2.28. The van der Waals surface area contributed by atoms with Gasteiger partial charge in [0.25, 0.3) is 0 Å². The van der Waals surface area contributed by atoms with E-state index in [1.54, 1.807) is 48.5 Å². The highest BCUT2D eigenvalue weighted by Crippen LogP contribution is 2.24. The molecule has 1 aliphatic rings. The number of nitrogens with one attached hydrogen (secondary N) is 2. The summed E-state index contributed by atoms with van der Waals surface area (Å²) in [6.45, 7) is 2.91. The van der Waals surface area contributed by atoms with E-state index < -0.39 is 0 Å². The smallest absolute Gasteiger partial charge is 0.319 e. The molecule has 1 fully saturated rings. The molecule has 2 aromatic carbocycles. The number of benzene rings is 2. The maximum absolute atomic E-state index is 12.0. The van der Waals surface area contributed by atoms with E-state index in [1.165, 1.54) is 0 Å². The van der Waals surface area contributed by atoms with Crippen LogP contribution in [0.2, 0.25) is 5.02 Å². The minimum absolute atomic E-state index is 0.0228. The van der Waals surface area contributed by atoms with Crippen LogP contribution in [0.1, 0.15) is 0 Å². The first kappa shape index (κ1) is 18.5. The molecule has 1 aliphatic heterocycles. The van der Waals surface area contributed by atoms with Crippen LogP contribution in [0.4, 0.5) is 10.5 Å². The van der Waals surface area contributed by atoms with Crippen LogP contribution in [0.25, 0.3) is 0 Å². The van der Waals surface area contributed by atoms with Crippen molar-refractivity contribution in [1.82, 2.24) is 10.2 Å². The molecule has 26 heavy (non-hydrogen) atoms. The molecule has 1 atom stereocenters. The Kier molecular flexibility index (Phi) is 6.33. The number of hydrogen-bond donors (Lipinski definition) is 2. The summed E-state index contributed by atoms with van der Waals surface area (Å²) in [5.74, 6) is 1.38. The van der Waals surface area contributed by atoms with E-state index in [4.69, 9.17) is 21.1 Å². The van der Waals surface area contributed by atoms with Crippen molar-refractivity contribution in [2.75, 3.05) is 38.6 Å². The predicted molar refractivity (Wildman–Crippen MR) is 102 cm³/mol. The number of nitrogens with zero attached hydrogens (tertiary/aromatic N) is 1. The average molecular weight is 376 g/mol. The van der Waals surface area contributed by atoms with Gasteiger partial charge < -0.3 is 25.0 Å². The second-order valence-electron chi connectivity index (χ2n) is 6.17. The standard InChI is InChI=1S/C19H22ClN3O3/c1-23-10-11-25-18(13-23)12-21-19(24)22-15-4-8-17(9-5-15)26-16-6-2-14(20)3-7-16/h2-9,18H,10-13H2,1H3,(H2,21,22,24)/t18-/m1/s1. The van der Waals surface area contributed by atoms with Crippen molar-refractivity contribution in [2.24, 2.45) is 0 Å². The van der Waals surface area contributed by atoms with Crippen molar-refractivity contribution in [3.63, 3.8) is 0 Å². The molecule has 0 aliphatic carbocycles. The van der Waals surface area contributed by atoms with Gasteiger partial charge in [-0.1, -0.05) is 11.6 Å². The summed E-state index contributed by atoms with van der Waals surface area (Å²) in [5, 5.41) is 6.30. The first-order chi connectivity index (χ1) is 12.6. The van der Waals surface area contributed by atoms with Crippen LogP contribution in [0.15, 0.2) is 48.5 Å². The number of likely N-dealkylation sites (N-methyl/N-ethyl adjacent to an activating group) is 1. The predicted octanol–water partition coefficient (Wildman–Crippen LogP) is 3.58. The maximum atomic E-state index is 12.0. The van der Waals surface area contributed by atoms with E-state index in [-0.39, 0.29) is 12.1 Å². The van der Waals surface area contributed by atoms with E-state index >= 15 is 0 Å². The highest BCUT2D eigenvalue weighted by atomic mass is 35.5. The van der Waals surface area contributed by atoms with Crippen molar-refractivity contribution >= 4 is 23.3 Å². The van der Waals surface area contributed by atoms with Crippen LogP contribution >= 0.6 is 11.6 Å². The fourth-order valence-electron chi connectivity index (χ4n) is 2.62. The molecule has 0 bridgehead atoms. The lowest BCUT2D eigenvalue weighted by Crippen LogP contribution is -2.46. The molecular formula is C19H22ClN3O3. The number of halogens is 1. The summed E-state index contributed by atoms with van der Waals surface area (Å²) in [6.07, 6.45) is 0.0228. The van der Waals surface area contributed by atoms with Crippen molar-refractivity contribution in [1.29, 1.82) is 0 Å². The Morgan fingerprint density at radius 1 is 1.19 bits per heavy atom. The minimum atomic E-state index is -0.256. The number of hydrogen-bond acceptors (Lipinski definition) is 4. The number of amides is 2. The first-order valence-electron chi connectivity index (χ1n) is 8.47. The number of carbonyl (C=O) groups excluding carboxylic acids is 1. The van der Waals surface area contributed by atoms with Crippen LogP contribution in [0.5, 0.6) is 11.5 Å². The quantitative estimate of drug-likeness (QED) is 0.838. The maximum Gasteiger partial charge on any atom is 0.319 e. The third-order valence-electron chi connectivity index (χ3n) is 3.99. The number of anilines is 1. The number of morpholine rings is 1. The topological polar surface area (TPSA) is 62.8 Å². The van der Waals surface area contributed by atoms with Gasteiger partial charge in [0.1, 0.15) is 11.5 Å². The molecule has 0 radical (unpaired) electrons. The zero-order valence-electron chi connectivity index (χ0n) is 14.6. The van der Waals surface area contributed by atoms with Crippen molar-refractivity contribution < 1.29 is 14.3 Å². The lowest BCUT2D eigenvalue weighted by atomic mass is 10.3. The molecular weight excluding hydrogens is 354 g/mol. The van der Waals surface area contributed by atoms with Gasteiger partial charge in [0.2, 0.25) is 0 Å². The van der Waals surface area contributed by atoms with Gasteiger partial charge in [0.05, 0.1) is 12.7 Å². The molecule has 0 saturated carbocycles. The van der Waals surface area contributed by atoms with Gasteiger partial charge in [-0.25, -0.2) is 4.79 Å². The van der Waals surface area contributed by atoms with Gasteiger partial charge in [-0.15, -0.1) is 0 Å². The zero-order chi connectivity index (χ0) is 18.4. The molecule has 2 aromatic rings. The minimum Gasteiger partial charge on any atom is -0.457 e. The molecule has 138 valence electrons. The number of urea groups is 1. The lowest BCUT2D eigenvalue weighted by Gasteiger charge is -2.30. The number of rotatable bonds is 5. The van der Waals surface area contributed by atoms with Crippen LogP contribution in [0, 0.1) is 0 Å². The van der Waals surface area contributed by atoms with Gasteiger partial charge in [-0.2, -0.15) is 0 Å². The number of carbonyl (C=O) groups is 1. The van der Waals surface area contributed by atoms with Crippen LogP contribution in [-0.4, -0.2) is 50.3 Å². The summed E-state index contributed by atoms with van der Waals surface area (Å²) in [5.41, 5.74) is 0.688. The molecule has 3 rings (SSSR count). The van der Waals surface area contributed by atoms with Crippen molar-refractivity contribution in [3.8, 4) is 11.5 Å². The summed E-state index contributed by atoms with van der Waals surface area (Å²) < 4.78 is 11.3. The van der Waals surface area contributed by atoms with Gasteiger partial charge in [-0.3, -0.25) is 0 Å². The highest BCUT2D eigenvalue weighted by Gasteiger charge is 2.18. The third-order valence-corrected chi connectivity index (χ3v) is 4.25. The van der Waals surface area contributed by atoms with Crippen molar-refractivity contribution in [2.45, 2.75) is 6.10 Å². The summed E-state index contributed by atoms with van der Waals surface area (Å²) in [7, 11) is 2.04. The fraction of sp³-hybridized carbons (Fsp3) is 0.316. The van der Waals surface area contributed by atoms with Gasteiger partial charge in [0, 0.05) is 30.3 Å². The molecule has 0 spiro atoms. The first-order valence-corrected chi connectivity index (χ1v) is 8.85. The van der Waals surface area contributed by atoms with E-state index in [0.717, 1.165) is 13.1 Å². The van der Waals surface area contributed by atoms with Crippen LogP contribution in [0.3, 0.4) is 0 Å². The second-order valence-corrected chi connectivity index (χ2v) is 6.61. The molecule has 6 nitrogen and oxygen atoms in total. The Bertz CT molecular complexity index is 722. The van der Waals surface area contributed by atoms with Gasteiger partial charge in [0.15, 0.2) is 0 Å². The monoisotopic (exact) mass is 375 g/mol. The van der Waals surface area contributed by atoms with Crippen LogP contribution in [-0.2, 0) is 4.74 Å². The Labute approximate surface area is 158 Å². The number of ether oxygens (including phenoxy) is 2.